The second-order valence-electron chi connectivity index (χ2n) is 12.1. The molecule has 8 nitrogen and oxygen atoms in total. The van der Waals surface area contributed by atoms with E-state index in [1.165, 1.54) is 6.42 Å². The van der Waals surface area contributed by atoms with Gasteiger partial charge in [-0.3, -0.25) is 9.78 Å². The largest absolute Gasteiger partial charge is 0.319 e. The number of halogens is 2. The first-order chi connectivity index (χ1) is 18.2. The van der Waals surface area contributed by atoms with E-state index in [4.69, 9.17) is 5.26 Å². The monoisotopic (exact) mass is 525 g/mol. The summed E-state index contributed by atoms with van der Waals surface area (Å²) in [4.78, 5) is 18.0. The van der Waals surface area contributed by atoms with Crippen LogP contribution in [0.4, 0.5) is 8.78 Å². The third-order valence-corrected chi connectivity index (χ3v) is 9.02. The number of hydrogen-bond acceptors (Lipinski definition) is 7. The molecular formula is C28H37F2N7O. The summed E-state index contributed by atoms with van der Waals surface area (Å²) in [5.74, 6) is -2.13. The van der Waals surface area contributed by atoms with E-state index < -0.39 is 30.8 Å². The van der Waals surface area contributed by atoms with Gasteiger partial charge in [0.05, 0.1) is 31.3 Å². The highest BCUT2D eigenvalue weighted by Gasteiger charge is 2.57. The zero-order valence-electron chi connectivity index (χ0n) is 21.8. The summed E-state index contributed by atoms with van der Waals surface area (Å²) in [6, 6.07) is 7.16. The van der Waals surface area contributed by atoms with Gasteiger partial charge in [0, 0.05) is 36.4 Å². The van der Waals surface area contributed by atoms with Crippen molar-refractivity contribution in [1.29, 1.82) is 10.5 Å². The van der Waals surface area contributed by atoms with Gasteiger partial charge in [0.15, 0.2) is 0 Å². The van der Waals surface area contributed by atoms with E-state index >= 15 is 0 Å². The Bertz CT molecular complexity index is 1060. The first-order valence-electron chi connectivity index (χ1n) is 13.8. The van der Waals surface area contributed by atoms with Crippen LogP contribution in [0.2, 0.25) is 0 Å². The van der Waals surface area contributed by atoms with E-state index in [-0.39, 0.29) is 23.7 Å². The van der Waals surface area contributed by atoms with Crippen LogP contribution in [0.5, 0.6) is 0 Å². The van der Waals surface area contributed by atoms with Gasteiger partial charge in [-0.2, -0.15) is 10.5 Å². The molecule has 3 unspecified atom stereocenters. The molecule has 0 aromatic carbocycles. The van der Waals surface area contributed by atoms with Crippen molar-refractivity contribution in [3.63, 3.8) is 0 Å². The fourth-order valence-corrected chi connectivity index (χ4v) is 7.82. The summed E-state index contributed by atoms with van der Waals surface area (Å²) >= 11 is 0. The SMILES string of the molecule is N#CC1CCCN1.N#C[C@@H]1CC(F)(F)CN1C(=O)CNC12CC3CC(C1)CC(NCc1cccnc1)(C3)C2. The maximum Gasteiger partial charge on any atom is 0.268 e. The number of amides is 1. The minimum Gasteiger partial charge on any atom is -0.319 e. The predicted molar refractivity (Wildman–Crippen MR) is 137 cm³/mol. The van der Waals surface area contributed by atoms with Crippen LogP contribution in [0.15, 0.2) is 24.5 Å². The van der Waals surface area contributed by atoms with Gasteiger partial charge < -0.3 is 20.9 Å². The highest BCUT2D eigenvalue weighted by molar-refractivity contribution is 5.79. The summed E-state index contributed by atoms with van der Waals surface area (Å²) in [7, 11) is 0. The molecule has 0 spiro atoms. The number of likely N-dealkylation sites (tertiary alicyclic amines) is 1. The molecule has 204 valence electrons. The predicted octanol–water partition coefficient (Wildman–Crippen LogP) is 2.87. The molecule has 4 bridgehead atoms. The smallest absolute Gasteiger partial charge is 0.268 e. The molecule has 3 N–H and O–H groups in total. The van der Waals surface area contributed by atoms with Gasteiger partial charge in [0.1, 0.15) is 6.04 Å². The molecule has 4 atom stereocenters. The van der Waals surface area contributed by atoms with Crippen LogP contribution in [-0.2, 0) is 11.3 Å². The van der Waals surface area contributed by atoms with E-state index in [0.29, 0.717) is 11.8 Å². The van der Waals surface area contributed by atoms with Gasteiger partial charge in [0.2, 0.25) is 5.91 Å². The van der Waals surface area contributed by atoms with Crippen LogP contribution in [-0.4, -0.2) is 64.5 Å². The second-order valence-corrected chi connectivity index (χ2v) is 12.1. The van der Waals surface area contributed by atoms with Crippen molar-refractivity contribution in [2.45, 2.75) is 93.4 Å². The molecule has 6 fully saturated rings. The van der Waals surface area contributed by atoms with Gasteiger partial charge in [-0.25, -0.2) is 8.78 Å². The number of nitrogens with zero attached hydrogens (tertiary/aromatic N) is 4. The van der Waals surface area contributed by atoms with Crippen LogP contribution in [0.3, 0.4) is 0 Å². The summed E-state index contributed by atoms with van der Waals surface area (Å²) in [6.45, 7) is 1.17. The second kappa shape index (κ2) is 10.8. The van der Waals surface area contributed by atoms with Crippen molar-refractivity contribution in [1.82, 2.24) is 25.8 Å². The molecule has 38 heavy (non-hydrogen) atoms. The molecule has 10 heteroatoms. The molecule has 3 heterocycles. The standard InChI is InChI=1S/C23H29F2N5O.C5H8N2/c24-23(25)9-19(10-26)30(15-23)20(31)13-29-22-7-17-4-18(8-22)6-21(5-17,14-22)28-12-16-2-1-3-27-11-16;6-4-5-2-1-3-7-5/h1-3,11,17-19,28-29H,4-9,12-15H2;5,7H,1-3H2/t17?,18?,19-,21?,22?;/m0./s1. The van der Waals surface area contributed by atoms with Crippen molar-refractivity contribution in [2.24, 2.45) is 11.8 Å². The molecule has 4 saturated carbocycles. The van der Waals surface area contributed by atoms with Crippen molar-refractivity contribution in [2.75, 3.05) is 19.6 Å². The highest BCUT2D eigenvalue weighted by atomic mass is 19.3. The van der Waals surface area contributed by atoms with Gasteiger partial charge in [-0.1, -0.05) is 6.07 Å². The Labute approximate surface area is 223 Å². The number of alkyl halides is 2. The van der Waals surface area contributed by atoms with E-state index in [9.17, 15) is 18.8 Å². The number of nitriles is 2. The molecule has 7 rings (SSSR count). The third kappa shape index (κ3) is 5.98. The first-order valence-corrected chi connectivity index (χ1v) is 13.8. The Morgan fingerprint density at radius 2 is 1.87 bits per heavy atom. The molecule has 2 saturated heterocycles. The van der Waals surface area contributed by atoms with Crippen LogP contribution >= 0.6 is 0 Å². The topological polar surface area (TPSA) is 117 Å². The molecule has 1 amide bonds. The Hall–Kier alpha value is -2.66. The molecule has 6 aliphatic rings. The van der Waals surface area contributed by atoms with E-state index in [1.54, 1.807) is 6.20 Å². The summed E-state index contributed by atoms with van der Waals surface area (Å²) < 4.78 is 27.5. The Morgan fingerprint density at radius 1 is 1.13 bits per heavy atom. The quantitative estimate of drug-likeness (QED) is 0.523. The van der Waals surface area contributed by atoms with E-state index in [0.717, 1.165) is 68.5 Å². The number of nitrogens with one attached hydrogen (secondary N) is 3. The molecule has 1 aromatic heterocycles. The van der Waals surface area contributed by atoms with E-state index in [1.807, 2.05) is 18.3 Å². The van der Waals surface area contributed by atoms with Crippen LogP contribution in [0.1, 0.15) is 63.4 Å². The fraction of sp³-hybridized carbons (Fsp3) is 0.714. The normalized spacial score (nSPS) is 36.3. The lowest BCUT2D eigenvalue weighted by molar-refractivity contribution is -0.133. The van der Waals surface area contributed by atoms with Crippen molar-refractivity contribution in [3.05, 3.63) is 30.1 Å². The highest BCUT2D eigenvalue weighted by Crippen LogP contribution is 2.57. The van der Waals surface area contributed by atoms with Crippen LogP contribution in [0, 0.1) is 34.5 Å². The summed E-state index contributed by atoms with van der Waals surface area (Å²) in [6.07, 6.45) is 11.8. The van der Waals surface area contributed by atoms with E-state index in [2.05, 4.69) is 33.1 Å². The number of carbonyl (C=O) groups excluding carboxylic acids is 1. The molecular weight excluding hydrogens is 488 g/mol. The van der Waals surface area contributed by atoms with Crippen LogP contribution in [0.25, 0.3) is 0 Å². The number of pyridine rings is 1. The average Bonchev–Trinajstić information content (AvgIpc) is 3.53. The van der Waals surface area contributed by atoms with Crippen molar-refractivity contribution in [3.8, 4) is 12.1 Å². The Kier molecular flexibility index (Phi) is 7.68. The van der Waals surface area contributed by atoms with Gasteiger partial charge in [-0.05, 0) is 81.4 Å². The molecule has 2 aliphatic heterocycles. The number of aromatic nitrogens is 1. The Morgan fingerprint density at radius 3 is 2.45 bits per heavy atom. The Balaban J connectivity index is 0.000000366. The molecule has 4 aliphatic carbocycles. The zero-order chi connectivity index (χ0) is 26.8. The summed E-state index contributed by atoms with van der Waals surface area (Å²) in [5, 5.41) is 27.8. The van der Waals surface area contributed by atoms with Gasteiger partial charge in [0.25, 0.3) is 5.92 Å². The summed E-state index contributed by atoms with van der Waals surface area (Å²) in [5.41, 5.74) is 1.07. The van der Waals surface area contributed by atoms with Crippen molar-refractivity contribution < 1.29 is 13.6 Å². The number of hydrogen-bond donors (Lipinski definition) is 3. The van der Waals surface area contributed by atoms with Crippen LogP contribution < -0.4 is 16.0 Å². The number of carbonyl (C=O) groups is 1. The lowest BCUT2D eigenvalue weighted by Crippen LogP contribution is -2.69. The minimum absolute atomic E-state index is 0.0202. The minimum atomic E-state index is -2.98. The maximum atomic E-state index is 13.7. The van der Waals surface area contributed by atoms with Gasteiger partial charge in [-0.15, -0.1) is 0 Å². The third-order valence-electron chi connectivity index (χ3n) is 9.02. The average molecular weight is 526 g/mol. The lowest BCUT2D eigenvalue weighted by atomic mass is 9.50. The van der Waals surface area contributed by atoms with Crippen molar-refractivity contribution >= 4 is 5.91 Å². The lowest BCUT2D eigenvalue weighted by Gasteiger charge is -2.62. The maximum absolute atomic E-state index is 13.7. The molecule has 1 aromatic rings. The fourth-order valence-electron chi connectivity index (χ4n) is 7.82. The number of rotatable bonds is 6. The first kappa shape index (κ1) is 26.9. The molecule has 0 radical (unpaired) electrons. The van der Waals surface area contributed by atoms with Gasteiger partial charge >= 0.3 is 0 Å². The zero-order valence-corrected chi connectivity index (χ0v) is 21.8.